The van der Waals surface area contributed by atoms with Gasteiger partial charge in [-0.05, 0) is 48.9 Å². The fraction of sp³-hybridized carbons (Fsp3) is 0.222. The monoisotopic (exact) mass is 391 g/mol. The number of rotatable bonds is 8. The summed E-state index contributed by atoms with van der Waals surface area (Å²) >= 11 is 0. The second-order valence-corrected chi connectivity index (χ2v) is 7.30. The highest BCUT2D eigenvalue weighted by molar-refractivity contribution is 7.89. The van der Waals surface area contributed by atoms with Crippen LogP contribution in [0.1, 0.15) is 19.4 Å². The standard InChI is InChI=1S/C18H21N3O5S/c1-3-26-16-8-10-17(11-9-16)27(24,25)21-20-18(23)12-14-4-6-15(7-5-14)19-13(2)22/h4-11,21H,3,12H2,1-2H3,(H,19,22)(H,20,23). The van der Waals surface area contributed by atoms with Gasteiger partial charge in [0.1, 0.15) is 5.75 Å². The molecule has 8 nitrogen and oxygen atoms in total. The van der Waals surface area contributed by atoms with E-state index in [1.165, 1.54) is 31.2 Å². The Morgan fingerprint density at radius 2 is 1.63 bits per heavy atom. The molecular formula is C18H21N3O5S. The van der Waals surface area contributed by atoms with E-state index >= 15 is 0 Å². The Kier molecular flexibility index (Phi) is 6.91. The average molecular weight is 391 g/mol. The molecule has 0 bridgehead atoms. The van der Waals surface area contributed by atoms with Gasteiger partial charge in [0.2, 0.25) is 11.8 Å². The topological polar surface area (TPSA) is 114 Å². The van der Waals surface area contributed by atoms with Crippen LogP contribution in [0.4, 0.5) is 5.69 Å². The molecule has 0 atom stereocenters. The van der Waals surface area contributed by atoms with Gasteiger partial charge in [-0.25, -0.2) is 8.42 Å². The maximum atomic E-state index is 12.2. The third-order valence-corrected chi connectivity index (χ3v) is 4.67. The molecule has 144 valence electrons. The number of hydrazine groups is 1. The number of hydrogen-bond acceptors (Lipinski definition) is 5. The molecule has 2 rings (SSSR count). The van der Waals surface area contributed by atoms with Crippen LogP contribution in [0.2, 0.25) is 0 Å². The third-order valence-electron chi connectivity index (χ3n) is 3.41. The molecule has 0 saturated carbocycles. The number of benzene rings is 2. The summed E-state index contributed by atoms with van der Waals surface area (Å²) in [4.78, 5) is 25.0. The summed E-state index contributed by atoms with van der Waals surface area (Å²) in [6, 6.07) is 12.5. The van der Waals surface area contributed by atoms with Crippen LogP contribution in [0, 0.1) is 0 Å². The predicted octanol–water partition coefficient (Wildman–Crippen LogP) is 1.60. The molecule has 0 radical (unpaired) electrons. The largest absolute Gasteiger partial charge is 0.494 e. The van der Waals surface area contributed by atoms with Gasteiger partial charge in [-0.2, -0.15) is 0 Å². The summed E-state index contributed by atoms with van der Waals surface area (Å²) in [7, 11) is -3.88. The molecule has 2 aromatic rings. The highest BCUT2D eigenvalue weighted by atomic mass is 32.2. The van der Waals surface area contributed by atoms with Gasteiger partial charge in [-0.15, -0.1) is 4.83 Å². The zero-order valence-corrected chi connectivity index (χ0v) is 15.8. The van der Waals surface area contributed by atoms with Crippen molar-refractivity contribution in [1.29, 1.82) is 0 Å². The number of anilines is 1. The molecule has 3 N–H and O–H groups in total. The molecule has 27 heavy (non-hydrogen) atoms. The van der Waals surface area contributed by atoms with Gasteiger partial charge < -0.3 is 10.1 Å². The number of amides is 2. The van der Waals surface area contributed by atoms with E-state index in [9.17, 15) is 18.0 Å². The number of hydrogen-bond donors (Lipinski definition) is 3. The van der Waals surface area contributed by atoms with Crippen molar-refractivity contribution >= 4 is 27.5 Å². The summed E-state index contributed by atoms with van der Waals surface area (Å²) in [5, 5.41) is 2.62. The molecule has 0 aliphatic carbocycles. The minimum absolute atomic E-state index is 0.00548. The summed E-state index contributed by atoms with van der Waals surface area (Å²) in [6.45, 7) is 3.71. The van der Waals surface area contributed by atoms with Crippen LogP contribution in [-0.4, -0.2) is 26.8 Å². The van der Waals surface area contributed by atoms with E-state index in [2.05, 4.69) is 15.6 Å². The van der Waals surface area contributed by atoms with Crippen LogP contribution in [0.5, 0.6) is 5.75 Å². The van der Waals surface area contributed by atoms with Crippen molar-refractivity contribution in [3.63, 3.8) is 0 Å². The second-order valence-electron chi connectivity index (χ2n) is 5.61. The Morgan fingerprint density at radius 1 is 1.00 bits per heavy atom. The Bertz CT molecular complexity index is 894. The van der Waals surface area contributed by atoms with E-state index in [1.54, 1.807) is 24.3 Å². The van der Waals surface area contributed by atoms with Crippen LogP contribution in [0.25, 0.3) is 0 Å². The van der Waals surface area contributed by atoms with Crippen LogP contribution in [-0.2, 0) is 26.0 Å². The van der Waals surface area contributed by atoms with Gasteiger partial charge >= 0.3 is 0 Å². The van der Waals surface area contributed by atoms with Gasteiger partial charge in [0.15, 0.2) is 0 Å². The maximum Gasteiger partial charge on any atom is 0.257 e. The third kappa shape index (κ3) is 6.39. The fourth-order valence-corrected chi connectivity index (χ4v) is 3.06. The van der Waals surface area contributed by atoms with Crippen molar-refractivity contribution in [1.82, 2.24) is 10.3 Å². The van der Waals surface area contributed by atoms with Crippen LogP contribution in [0.3, 0.4) is 0 Å². The molecule has 0 unspecified atom stereocenters. The van der Waals surface area contributed by atoms with E-state index in [0.29, 0.717) is 23.6 Å². The Labute approximate surface area is 157 Å². The zero-order chi connectivity index (χ0) is 19.9. The Morgan fingerprint density at radius 3 is 2.19 bits per heavy atom. The molecule has 0 aliphatic rings. The highest BCUT2D eigenvalue weighted by Gasteiger charge is 2.15. The van der Waals surface area contributed by atoms with E-state index in [1.807, 2.05) is 6.92 Å². The van der Waals surface area contributed by atoms with Gasteiger partial charge in [-0.3, -0.25) is 15.0 Å². The molecule has 0 fully saturated rings. The quantitative estimate of drug-likeness (QED) is 0.592. The molecule has 0 heterocycles. The van der Waals surface area contributed by atoms with Gasteiger partial charge in [0.05, 0.1) is 17.9 Å². The van der Waals surface area contributed by atoms with E-state index in [-0.39, 0.29) is 17.2 Å². The first-order valence-electron chi connectivity index (χ1n) is 8.20. The molecule has 2 amide bonds. The van der Waals surface area contributed by atoms with Gasteiger partial charge in [0.25, 0.3) is 10.0 Å². The average Bonchev–Trinajstić information content (AvgIpc) is 2.62. The summed E-state index contributed by atoms with van der Waals surface area (Å²) in [6.07, 6.45) is -0.0217. The maximum absolute atomic E-state index is 12.2. The molecule has 0 saturated heterocycles. The van der Waals surface area contributed by atoms with Crippen molar-refractivity contribution in [2.24, 2.45) is 0 Å². The lowest BCUT2D eigenvalue weighted by Gasteiger charge is -2.10. The molecule has 2 aromatic carbocycles. The minimum Gasteiger partial charge on any atom is -0.494 e. The number of carbonyl (C=O) groups is 2. The molecule has 9 heteroatoms. The first-order chi connectivity index (χ1) is 12.8. The van der Waals surface area contributed by atoms with Crippen LogP contribution in [0.15, 0.2) is 53.4 Å². The summed E-state index contributed by atoms with van der Waals surface area (Å²) in [5.74, 6) is -0.149. The number of sulfonamides is 1. The summed E-state index contributed by atoms with van der Waals surface area (Å²) in [5.41, 5.74) is 3.46. The van der Waals surface area contributed by atoms with E-state index in [0.717, 1.165) is 0 Å². The fourth-order valence-electron chi connectivity index (χ4n) is 2.20. The Balaban J connectivity index is 1.90. The predicted molar refractivity (Wildman–Crippen MR) is 101 cm³/mol. The lowest BCUT2D eigenvalue weighted by atomic mass is 10.1. The minimum atomic E-state index is -3.88. The molecular weight excluding hydrogens is 370 g/mol. The second kappa shape index (κ2) is 9.15. The molecule has 0 spiro atoms. The SMILES string of the molecule is CCOc1ccc(S(=O)(=O)NNC(=O)Cc2ccc(NC(C)=O)cc2)cc1. The molecule has 0 aliphatic heterocycles. The molecule has 0 aromatic heterocycles. The summed E-state index contributed by atoms with van der Waals surface area (Å²) < 4.78 is 29.7. The lowest BCUT2D eigenvalue weighted by molar-refractivity contribution is -0.121. The van der Waals surface area contributed by atoms with E-state index < -0.39 is 15.9 Å². The number of nitrogens with one attached hydrogen (secondary N) is 3. The number of ether oxygens (including phenoxy) is 1. The van der Waals surface area contributed by atoms with Crippen molar-refractivity contribution in [2.45, 2.75) is 25.2 Å². The number of carbonyl (C=O) groups excluding carboxylic acids is 2. The van der Waals surface area contributed by atoms with Gasteiger partial charge in [-0.1, -0.05) is 12.1 Å². The van der Waals surface area contributed by atoms with E-state index in [4.69, 9.17) is 4.74 Å². The first-order valence-corrected chi connectivity index (χ1v) is 9.68. The van der Waals surface area contributed by atoms with Crippen molar-refractivity contribution < 1.29 is 22.7 Å². The van der Waals surface area contributed by atoms with Crippen LogP contribution < -0.4 is 20.3 Å². The lowest BCUT2D eigenvalue weighted by Crippen LogP contribution is -2.42. The zero-order valence-electron chi connectivity index (χ0n) is 15.0. The van der Waals surface area contributed by atoms with Crippen molar-refractivity contribution in [3.8, 4) is 5.75 Å². The first kappa shape index (κ1) is 20.4. The smallest absolute Gasteiger partial charge is 0.257 e. The van der Waals surface area contributed by atoms with Gasteiger partial charge in [0, 0.05) is 12.6 Å². The van der Waals surface area contributed by atoms with Crippen molar-refractivity contribution in [3.05, 3.63) is 54.1 Å². The Hall–Kier alpha value is -2.91. The normalized spacial score (nSPS) is 10.9. The van der Waals surface area contributed by atoms with Crippen LogP contribution >= 0.6 is 0 Å². The highest BCUT2D eigenvalue weighted by Crippen LogP contribution is 2.15. The van der Waals surface area contributed by atoms with Crippen molar-refractivity contribution in [2.75, 3.05) is 11.9 Å².